The van der Waals surface area contributed by atoms with Crippen LogP contribution in [-0.2, 0) is 0 Å². The van der Waals surface area contributed by atoms with Crippen LogP contribution in [0, 0.1) is 6.92 Å². The van der Waals surface area contributed by atoms with E-state index in [-0.39, 0.29) is 5.91 Å². The summed E-state index contributed by atoms with van der Waals surface area (Å²) >= 11 is 0. The summed E-state index contributed by atoms with van der Waals surface area (Å²) in [5, 5.41) is 7.94. The molecule has 5 heteroatoms. The van der Waals surface area contributed by atoms with Gasteiger partial charge in [0.2, 0.25) is 0 Å². The van der Waals surface area contributed by atoms with Crippen LogP contribution in [0.4, 0.5) is 0 Å². The minimum absolute atomic E-state index is 0.144. The standard InChI is InChI=1S/C15H14N4O/c1-10-12(15(20)16-2)9-17-19(10)14-8-7-11-5-3-4-6-13(11)18-14/h3-9H,1-2H3,(H,16,20). The molecule has 1 aromatic carbocycles. The SMILES string of the molecule is CNC(=O)c1cnn(-c2ccc3ccccc3n2)c1C. The number of aromatic nitrogens is 3. The maximum atomic E-state index is 11.7. The van der Waals surface area contributed by atoms with Crippen molar-refractivity contribution in [3.63, 3.8) is 0 Å². The Morgan fingerprint density at radius 1 is 1.20 bits per heavy atom. The predicted octanol–water partition coefficient (Wildman–Crippen LogP) is 2.09. The summed E-state index contributed by atoms with van der Waals surface area (Å²) in [7, 11) is 1.60. The first-order valence-corrected chi connectivity index (χ1v) is 6.33. The molecule has 20 heavy (non-hydrogen) atoms. The second-order valence-corrected chi connectivity index (χ2v) is 4.50. The summed E-state index contributed by atoms with van der Waals surface area (Å²) in [6, 6.07) is 11.8. The smallest absolute Gasteiger partial charge is 0.254 e. The summed E-state index contributed by atoms with van der Waals surface area (Å²) in [6.07, 6.45) is 1.56. The molecule has 3 rings (SSSR count). The number of hydrogen-bond donors (Lipinski definition) is 1. The molecule has 0 saturated heterocycles. The first kappa shape index (κ1) is 12.3. The van der Waals surface area contributed by atoms with Crippen LogP contribution in [0.25, 0.3) is 16.7 Å². The topological polar surface area (TPSA) is 59.8 Å². The van der Waals surface area contributed by atoms with Crippen LogP contribution in [0.2, 0.25) is 0 Å². The molecule has 0 aliphatic rings. The zero-order chi connectivity index (χ0) is 14.1. The average molecular weight is 266 g/mol. The van der Waals surface area contributed by atoms with E-state index < -0.39 is 0 Å². The third kappa shape index (κ3) is 1.93. The van der Waals surface area contributed by atoms with Gasteiger partial charge in [0.25, 0.3) is 5.91 Å². The van der Waals surface area contributed by atoms with Gasteiger partial charge in [-0.2, -0.15) is 5.10 Å². The fraction of sp³-hybridized carbons (Fsp3) is 0.133. The first-order valence-electron chi connectivity index (χ1n) is 6.33. The molecule has 0 bridgehead atoms. The molecule has 100 valence electrons. The monoisotopic (exact) mass is 266 g/mol. The summed E-state index contributed by atoms with van der Waals surface area (Å²) in [5.41, 5.74) is 2.23. The number of rotatable bonds is 2. The number of para-hydroxylation sites is 1. The molecule has 1 N–H and O–H groups in total. The molecule has 0 spiro atoms. The van der Waals surface area contributed by atoms with E-state index in [9.17, 15) is 4.79 Å². The maximum Gasteiger partial charge on any atom is 0.254 e. The van der Waals surface area contributed by atoms with E-state index in [4.69, 9.17) is 0 Å². The summed E-state index contributed by atoms with van der Waals surface area (Å²) in [4.78, 5) is 16.3. The number of nitrogens with zero attached hydrogens (tertiary/aromatic N) is 3. The number of hydrogen-bond acceptors (Lipinski definition) is 3. The summed E-state index contributed by atoms with van der Waals surface area (Å²) < 4.78 is 1.68. The van der Waals surface area contributed by atoms with Gasteiger partial charge in [0.05, 0.1) is 23.0 Å². The van der Waals surface area contributed by atoms with Crippen LogP contribution in [-0.4, -0.2) is 27.7 Å². The van der Waals surface area contributed by atoms with E-state index in [1.807, 2.05) is 43.3 Å². The van der Waals surface area contributed by atoms with Crippen molar-refractivity contribution in [2.75, 3.05) is 7.05 Å². The predicted molar refractivity (Wildman–Crippen MR) is 77.0 cm³/mol. The van der Waals surface area contributed by atoms with E-state index in [2.05, 4.69) is 15.4 Å². The molecule has 2 aromatic heterocycles. The fourth-order valence-corrected chi connectivity index (χ4v) is 2.17. The minimum Gasteiger partial charge on any atom is -0.355 e. The Labute approximate surface area is 116 Å². The summed E-state index contributed by atoms with van der Waals surface area (Å²) in [5.74, 6) is 0.561. The Morgan fingerprint density at radius 2 is 2.00 bits per heavy atom. The lowest BCUT2D eigenvalue weighted by Gasteiger charge is -2.05. The van der Waals surface area contributed by atoms with Gasteiger partial charge < -0.3 is 5.32 Å². The lowest BCUT2D eigenvalue weighted by Crippen LogP contribution is -2.18. The van der Waals surface area contributed by atoms with Gasteiger partial charge in [-0.05, 0) is 25.1 Å². The highest BCUT2D eigenvalue weighted by Gasteiger charge is 2.14. The van der Waals surface area contributed by atoms with Crippen LogP contribution in [0.15, 0.2) is 42.6 Å². The Morgan fingerprint density at radius 3 is 2.80 bits per heavy atom. The highest BCUT2D eigenvalue weighted by Crippen LogP contribution is 2.17. The van der Waals surface area contributed by atoms with Crippen LogP contribution >= 0.6 is 0 Å². The lowest BCUT2D eigenvalue weighted by atomic mass is 10.2. The zero-order valence-electron chi connectivity index (χ0n) is 11.3. The van der Waals surface area contributed by atoms with Crippen molar-refractivity contribution < 1.29 is 4.79 Å². The highest BCUT2D eigenvalue weighted by molar-refractivity contribution is 5.95. The first-order chi connectivity index (χ1) is 9.70. The third-order valence-electron chi connectivity index (χ3n) is 3.28. The minimum atomic E-state index is -0.144. The van der Waals surface area contributed by atoms with Crippen molar-refractivity contribution in [2.24, 2.45) is 0 Å². The molecule has 5 nitrogen and oxygen atoms in total. The molecule has 0 fully saturated rings. The van der Waals surface area contributed by atoms with Gasteiger partial charge in [0.15, 0.2) is 5.82 Å². The molecule has 0 saturated carbocycles. The quantitative estimate of drug-likeness (QED) is 0.772. The van der Waals surface area contributed by atoms with Crippen molar-refractivity contribution >= 4 is 16.8 Å². The lowest BCUT2D eigenvalue weighted by molar-refractivity contribution is 0.0962. The van der Waals surface area contributed by atoms with Crippen LogP contribution in [0.1, 0.15) is 16.1 Å². The molecule has 0 radical (unpaired) electrons. The van der Waals surface area contributed by atoms with Crippen molar-refractivity contribution in [1.82, 2.24) is 20.1 Å². The summed E-state index contributed by atoms with van der Waals surface area (Å²) in [6.45, 7) is 1.86. The third-order valence-corrected chi connectivity index (χ3v) is 3.28. The van der Waals surface area contributed by atoms with E-state index in [0.717, 1.165) is 16.6 Å². The molecule has 3 aromatic rings. The zero-order valence-corrected chi connectivity index (χ0v) is 11.3. The van der Waals surface area contributed by atoms with Gasteiger partial charge in [0, 0.05) is 12.4 Å². The van der Waals surface area contributed by atoms with E-state index in [1.165, 1.54) is 0 Å². The molecule has 1 amide bonds. The molecular formula is C15H14N4O. The maximum absolute atomic E-state index is 11.7. The molecule has 0 aliphatic heterocycles. The van der Waals surface area contributed by atoms with E-state index >= 15 is 0 Å². The number of nitrogens with one attached hydrogen (secondary N) is 1. The van der Waals surface area contributed by atoms with Crippen molar-refractivity contribution in [2.45, 2.75) is 6.92 Å². The van der Waals surface area contributed by atoms with Crippen molar-refractivity contribution in [1.29, 1.82) is 0 Å². The highest BCUT2D eigenvalue weighted by atomic mass is 16.1. The Bertz CT molecular complexity index is 791. The largest absolute Gasteiger partial charge is 0.355 e. The van der Waals surface area contributed by atoms with Gasteiger partial charge >= 0.3 is 0 Å². The van der Waals surface area contributed by atoms with Crippen molar-refractivity contribution in [3.8, 4) is 5.82 Å². The second-order valence-electron chi connectivity index (χ2n) is 4.50. The van der Waals surface area contributed by atoms with Gasteiger partial charge in [-0.25, -0.2) is 9.67 Å². The molecule has 0 unspecified atom stereocenters. The molecule has 2 heterocycles. The molecule has 0 aliphatic carbocycles. The van der Waals surface area contributed by atoms with Crippen molar-refractivity contribution in [3.05, 3.63) is 53.9 Å². The number of carbonyl (C=O) groups is 1. The average Bonchev–Trinajstić information content (AvgIpc) is 2.87. The number of benzene rings is 1. The Hall–Kier alpha value is -2.69. The van der Waals surface area contributed by atoms with Crippen LogP contribution < -0.4 is 5.32 Å². The number of fused-ring (bicyclic) bond motifs is 1. The molecular weight excluding hydrogens is 252 g/mol. The second kappa shape index (κ2) is 4.77. The van der Waals surface area contributed by atoms with Gasteiger partial charge in [0.1, 0.15) is 0 Å². The van der Waals surface area contributed by atoms with Crippen LogP contribution in [0.5, 0.6) is 0 Å². The number of pyridine rings is 1. The number of carbonyl (C=O) groups excluding carboxylic acids is 1. The normalized spacial score (nSPS) is 10.7. The van der Waals surface area contributed by atoms with Gasteiger partial charge in [-0.3, -0.25) is 4.79 Å². The van der Waals surface area contributed by atoms with E-state index in [1.54, 1.807) is 17.9 Å². The fourth-order valence-electron chi connectivity index (χ4n) is 2.17. The van der Waals surface area contributed by atoms with Gasteiger partial charge in [-0.15, -0.1) is 0 Å². The Balaban J connectivity index is 2.11. The molecule has 0 atom stereocenters. The van der Waals surface area contributed by atoms with Crippen LogP contribution in [0.3, 0.4) is 0 Å². The van der Waals surface area contributed by atoms with Gasteiger partial charge in [-0.1, -0.05) is 18.2 Å². The Kier molecular flexibility index (Phi) is 2.95. The number of amides is 1. The van der Waals surface area contributed by atoms with E-state index in [0.29, 0.717) is 11.4 Å².